The fourth-order valence-corrected chi connectivity index (χ4v) is 1.86. The van der Waals surface area contributed by atoms with E-state index in [1.807, 2.05) is 0 Å². The van der Waals surface area contributed by atoms with Crippen LogP contribution < -0.4 is 0 Å². The molecule has 0 spiro atoms. The molecule has 1 atom stereocenters. The van der Waals surface area contributed by atoms with Crippen LogP contribution >= 0.6 is 0 Å². The van der Waals surface area contributed by atoms with Crippen LogP contribution in [0.3, 0.4) is 0 Å². The van der Waals surface area contributed by atoms with Crippen molar-refractivity contribution >= 4 is 11.9 Å². The van der Waals surface area contributed by atoms with E-state index in [-0.39, 0.29) is 12.2 Å². The zero-order chi connectivity index (χ0) is 15.9. The van der Waals surface area contributed by atoms with E-state index in [1.54, 1.807) is 30.3 Å². The number of carbonyl (C=O) groups is 2. The number of rotatable bonds is 6. The van der Waals surface area contributed by atoms with Gasteiger partial charge < -0.3 is 14.6 Å². The molecule has 5 nitrogen and oxygen atoms in total. The molecule has 5 heteroatoms. The van der Waals surface area contributed by atoms with Crippen LogP contribution in [0.15, 0.2) is 54.6 Å². The van der Waals surface area contributed by atoms with Crippen molar-refractivity contribution in [2.75, 3.05) is 13.7 Å². The molecule has 0 heterocycles. The Kier molecular flexibility index (Phi) is 5.87. The number of hydrogen-bond donors (Lipinski definition) is 1. The first-order chi connectivity index (χ1) is 9.96. The fraction of sp³-hybridized carbons (Fsp3) is 0.250. The minimum absolute atomic E-state index is 0.158. The average molecular weight is 290 g/mol. The fourth-order valence-electron chi connectivity index (χ4n) is 1.86. The van der Waals surface area contributed by atoms with Crippen LogP contribution in [0.25, 0.3) is 0 Å². The lowest BCUT2D eigenvalue weighted by Crippen LogP contribution is -2.40. The van der Waals surface area contributed by atoms with Crippen molar-refractivity contribution in [2.45, 2.75) is 12.5 Å². The minimum atomic E-state index is -2.04. The molecule has 0 saturated carbocycles. The summed E-state index contributed by atoms with van der Waals surface area (Å²) < 4.78 is 9.60. The lowest BCUT2D eigenvalue weighted by atomic mass is 9.86. The van der Waals surface area contributed by atoms with E-state index < -0.39 is 17.5 Å². The van der Waals surface area contributed by atoms with Gasteiger partial charge >= 0.3 is 11.9 Å². The highest BCUT2D eigenvalue weighted by Gasteiger charge is 2.43. The Hall–Kier alpha value is -2.40. The Balaban J connectivity index is 3.33. The van der Waals surface area contributed by atoms with Crippen molar-refractivity contribution in [2.24, 2.45) is 0 Å². The molecule has 21 heavy (non-hydrogen) atoms. The summed E-state index contributed by atoms with van der Waals surface area (Å²) in [5, 5.41) is 10.9. The molecule has 0 bridgehead atoms. The third-order valence-corrected chi connectivity index (χ3v) is 2.89. The Labute approximate surface area is 123 Å². The molecule has 1 N–H and O–H groups in total. The Bertz CT molecular complexity index is 547. The topological polar surface area (TPSA) is 72.8 Å². The van der Waals surface area contributed by atoms with Crippen molar-refractivity contribution in [3.63, 3.8) is 0 Å². The van der Waals surface area contributed by atoms with Gasteiger partial charge in [-0.2, -0.15) is 0 Å². The molecule has 112 valence electrons. The second-order valence-electron chi connectivity index (χ2n) is 4.28. The Morgan fingerprint density at radius 1 is 1.33 bits per heavy atom. The maximum absolute atomic E-state index is 12.1. The smallest absolute Gasteiger partial charge is 0.347 e. The predicted molar refractivity (Wildman–Crippen MR) is 77.3 cm³/mol. The molecule has 0 aliphatic heterocycles. The highest BCUT2D eigenvalue weighted by Crippen LogP contribution is 2.31. The molecule has 0 saturated heterocycles. The monoisotopic (exact) mass is 290 g/mol. The third-order valence-electron chi connectivity index (χ3n) is 2.89. The van der Waals surface area contributed by atoms with Crippen molar-refractivity contribution < 1.29 is 24.2 Å². The van der Waals surface area contributed by atoms with E-state index in [2.05, 4.69) is 6.58 Å². The summed E-state index contributed by atoms with van der Waals surface area (Å²) in [5.41, 5.74) is -1.57. The largest absolute Gasteiger partial charge is 0.466 e. The van der Waals surface area contributed by atoms with Gasteiger partial charge in [-0.25, -0.2) is 4.79 Å². The van der Waals surface area contributed by atoms with Crippen LogP contribution in [0, 0.1) is 0 Å². The molecule has 0 unspecified atom stereocenters. The number of aliphatic hydroxyl groups is 1. The van der Waals surface area contributed by atoms with Gasteiger partial charge in [-0.05, 0) is 5.56 Å². The van der Waals surface area contributed by atoms with Crippen LogP contribution in [0.1, 0.15) is 12.5 Å². The Morgan fingerprint density at radius 2 is 1.95 bits per heavy atom. The van der Waals surface area contributed by atoms with Gasteiger partial charge in [-0.3, -0.25) is 4.79 Å². The van der Waals surface area contributed by atoms with Gasteiger partial charge in [-0.1, -0.05) is 49.1 Å². The van der Waals surface area contributed by atoms with Gasteiger partial charge in [-0.15, -0.1) is 0 Å². The van der Waals surface area contributed by atoms with Crippen LogP contribution in [0.4, 0.5) is 0 Å². The van der Waals surface area contributed by atoms with Gasteiger partial charge in [0.1, 0.15) is 6.61 Å². The van der Waals surface area contributed by atoms with E-state index in [0.29, 0.717) is 5.56 Å². The maximum atomic E-state index is 12.1. The molecule has 0 aromatic heterocycles. The summed E-state index contributed by atoms with van der Waals surface area (Å²) in [6.45, 7) is 4.53. The molecule has 1 aromatic rings. The summed E-state index contributed by atoms with van der Waals surface area (Å²) in [4.78, 5) is 23.1. The predicted octanol–water partition coefficient (Wildman–Crippen LogP) is 1.72. The number of allylic oxidation sites excluding steroid dienone is 2. The van der Waals surface area contributed by atoms with E-state index in [1.165, 1.54) is 26.2 Å². The molecule has 0 aliphatic carbocycles. The van der Waals surface area contributed by atoms with E-state index in [9.17, 15) is 14.7 Å². The van der Waals surface area contributed by atoms with Crippen LogP contribution in [0.2, 0.25) is 0 Å². The second kappa shape index (κ2) is 7.40. The first-order valence-corrected chi connectivity index (χ1v) is 6.28. The van der Waals surface area contributed by atoms with E-state index in [4.69, 9.17) is 9.47 Å². The van der Waals surface area contributed by atoms with Crippen molar-refractivity contribution in [3.8, 4) is 0 Å². The normalized spacial score (nSPS) is 14.0. The summed E-state index contributed by atoms with van der Waals surface area (Å²) in [5.74, 6) is -1.39. The highest BCUT2D eigenvalue weighted by atomic mass is 16.5. The quantitative estimate of drug-likeness (QED) is 0.638. The molecular weight excluding hydrogens is 272 g/mol. The average Bonchev–Trinajstić information content (AvgIpc) is 2.50. The lowest BCUT2D eigenvalue weighted by Gasteiger charge is -2.28. The van der Waals surface area contributed by atoms with Crippen molar-refractivity contribution in [1.82, 2.24) is 0 Å². The van der Waals surface area contributed by atoms with Crippen LogP contribution in [0.5, 0.6) is 0 Å². The summed E-state index contributed by atoms with van der Waals surface area (Å²) in [6, 6.07) is 8.29. The molecule has 1 aromatic carbocycles. The third kappa shape index (κ3) is 3.79. The van der Waals surface area contributed by atoms with Gasteiger partial charge in [0.15, 0.2) is 0 Å². The maximum Gasteiger partial charge on any atom is 0.347 e. The number of hydrogen-bond acceptors (Lipinski definition) is 5. The summed E-state index contributed by atoms with van der Waals surface area (Å²) in [7, 11) is 1.17. The lowest BCUT2D eigenvalue weighted by molar-refractivity contribution is -0.161. The standard InChI is InChI=1S/C16H18O5/c1-4-8-14(11-21-12(2)17)16(19,15(18)20-3)13-9-6-5-7-10-13/h4-10,19H,1,11H2,2-3H3/b14-8+/t16-/m1/s1. The second-order valence-corrected chi connectivity index (χ2v) is 4.28. The zero-order valence-electron chi connectivity index (χ0n) is 12.0. The van der Waals surface area contributed by atoms with Gasteiger partial charge in [0.05, 0.1) is 7.11 Å². The van der Waals surface area contributed by atoms with Crippen LogP contribution in [-0.2, 0) is 24.7 Å². The number of benzene rings is 1. The number of methoxy groups -OCH3 is 1. The SMILES string of the molecule is C=C/C=C(\COC(C)=O)[C@@](O)(C(=O)OC)c1ccccc1. The molecule has 0 fully saturated rings. The minimum Gasteiger partial charge on any atom is -0.466 e. The molecule has 0 amide bonds. The molecule has 0 radical (unpaired) electrons. The van der Waals surface area contributed by atoms with Crippen molar-refractivity contribution in [3.05, 3.63) is 60.2 Å². The first-order valence-electron chi connectivity index (χ1n) is 6.28. The number of carbonyl (C=O) groups excluding carboxylic acids is 2. The number of esters is 2. The van der Waals surface area contributed by atoms with Crippen molar-refractivity contribution in [1.29, 1.82) is 0 Å². The Morgan fingerprint density at radius 3 is 2.43 bits per heavy atom. The van der Waals surface area contributed by atoms with Gasteiger partial charge in [0, 0.05) is 12.5 Å². The highest BCUT2D eigenvalue weighted by molar-refractivity contribution is 5.85. The summed E-state index contributed by atoms with van der Waals surface area (Å²) in [6.07, 6.45) is 2.82. The van der Waals surface area contributed by atoms with E-state index >= 15 is 0 Å². The first kappa shape index (κ1) is 16.7. The number of ether oxygens (including phenoxy) is 2. The van der Waals surface area contributed by atoms with E-state index in [0.717, 1.165) is 0 Å². The molecule has 1 rings (SSSR count). The molecule has 0 aliphatic rings. The zero-order valence-corrected chi connectivity index (χ0v) is 12.0. The van der Waals surface area contributed by atoms with Gasteiger partial charge in [0.2, 0.25) is 5.60 Å². The van der Waals surface area contributed by atoms with Crippen LogP contribution in [-0.4, -0.2) is 30.8 Å². The molecular formula is C16H18O5. The van der Waals surface area contributed by atoms with Gasteiger partial charge in [0.25, 0.3) is 0 Å². The summed E-state index contributed by atoms with van der Waals surface area (Å²) >= 11 is 0.